The number of rotatable bonds is 8. The van der Waals surface area contributed by atoms with E-state index in [9.17, 15) is 0 Å². The second-order valence-corrected chi connectivity index (χ2v) is 16.9. The minimum Gasteiger partial charge on any atom is -0.311 e. The van der Waals surface area contributed by atoms with Crippen LogP contribution in [0.3, 0.4) is 0 Å². The summed E-state index contributed by atoms with van der Waals surface area (Å²) in [5.74, 6) is 0. The lowest BCUT2D eigenvalue weighted by Crippen LogP contribution is -2.09. The quantitative estimate of drug-likeness (QED) is 0.138. The monoisotopic (exact) mass is 825 g/mol. The van der Waals surface area contributed by atoms with Crippen molar-refractivity contribution in [1.82, 2.24) is 0 Å². The summed E-state index contributed by atoms with van der Waals surface area (Å²) in [4.78, 5) is 2.37. The maximum Gasteiger partial charge on any atom is 0.0462 e. The summed E-state index contributed by atoms with van der Waals surface area (Å²) in [6.07, 6.45) is 0. The number of hydrogen-bond donors (Lipinski definition) is 0. The van der Waals surface area contributed by atoms with Crippen LogP contribution in [-0.4, -0.2) is 0 Å². The highest BCUT2D eigenvalue weighted by molar-refractivity contribution is 6.22. The Labute approximate surface area is 379 Å². The first kappa shape index (κ1) is 38.2. The lowest BCUT2D eigenvalue weighted by atomic mass is 9.84. The molecular weight excluding hydrogens is 783 g/mol. The van der Waals surface area contributed by atoms with Gasteiger partial charge in [-0.2, -0.15) is 0 Å². The van der Waals surface area contributed by atoms with E-state index in [1.165, 1.54) is 98.7 Å². The van der Waals surface area contributed by atoms with Gasteiger partial charge < -0.3 is 4.90 Å². The fourth-order valence-electron chi connectivity index (χ4n) is 9.87. The number of benzene rings is 12. The van der Waals surface area contributed by atoms with Gasteiger partial charge in [-0.3, -0.25) is 0 Å². The molecule has 0 radical (unpaired) electrons. The van der Waals surface area contributed by atoms with Crippen LogP contribution in [-0.2, 0) is 0 Å². The number of nitrogens with zero attached hydrogens (tertiary/aromatic N) is 1. The molecule has 0 spiro atoms. The molecule has 0 amide bonds. The molecule has 0 heterocycles. The van der Waals surface area contributed by atoms with Crippen LogP contribution in [0.15, 0.2) is 261 Å². The summed E-state index contributed by atoms with van der Waals surface area (Å²) in [5, 5.41) is 10.0. The molecule has 0 aromatic heterocycles. The van der Waals surface area contributed by atoms with Crippen LogP contribution in [0.1, 0.15) is 0 Å². The predicted molar refractivity (Wildman–Crippen MR) is 278 cm³/mol. The van der Waals surface area contributed by atoms with E-state index >= 15 is 0 Å². The van der Waals surface area contributed by atoms with Gasteiger partial charge in [0.25, 0.3) is 0 Å². The number of fused-ring (bicyclic) bond motifs is 5. The van der Waals surface area contributed by atoms with Crippen molar-refractivity contribution in [3.63, 3.8) is 0 Å². The summed E-state index contributed by atoms with van der Waals surface area (Å²) in [5.41, 5.74) is 15.4. The van der Waals surface area contributed by atoms with Crippen LogP contribution in [0.4, 0.5) is 17.1 Å². The Morgan fingerprint density at radius 3 is 1.26 bits per heavy atom. The largest absolute Gasteiger partial charge is 0.311 e. The molecule has 1 heteroatoms. The Hall–Kier alpha value is -8.52. The van der Waals surface area contributed by atoms with E-state index in [2.05, 4.69) is 266 Å². The third-order valence-corrected chi connectivity index (χ3v) is 13.0. The van der Waals surface area contributed by atoms with Crippen LogP contribution in [0.5, 0.6) is 0 Å². The highest BCUT2D eigenvalue weighted by Gasteiger charge is 2.19. The van der Waals surface area contributed by atoms with Crippen molar-refractivity contribution in [3.8, 4) is 55.6 Å². The van der Waals surface area contributed by atoms with Gasteiger partial charge in [0, 0.05) is 17.1 Å². The van der Waals surface area contributed by atoms with Crippen molar-refractivity contribution in [3.05, 3.63) is 261 Å². The van der Waals surface area contributed by atoms with Gasteiger partial charge in [-0.1, -0.05) is 212 Å². The molecule has 0 fully saturated rings. The summed E-state index contributed by atoms with van der Waals surface area (Å²) >= 11 is 0. The molecule has 304 valence electrons. The van der Waals surface area contributed by atoms with E-state index < -0.39 is 0 Å². The van der Waals surface area contributed by atoms with Crippen molar-refractivity contribution < 1.29 is 0 Å². The van der Waals surface area contributed by atoms with Crippen LogP contribution >= 0.6 is 0 Å². The van der Waals surface area contributed by atoms with Gasteiger partial charge in [0.15, 0.2) is 0 Å². The Morgan fingerprint density at radius 1 is 0.200 bits per heavy atom. The third-order valence-electron chi connectivity index (χ3n) is 13.0. The SMILES string of the molecule is c1ccc(-c2c(-c3ccccc3)c3cc(-c4ccc(N(c5ccc(-c6ccc7ccccc7c6)cc5)c5ccc(-c6cccc7ccccc67)cc5)cc4)ccc3c3ccccc23)cc1. The number of anilines is 3. The second-order valence-electron chi connectivity index (χ2n) is 16.9. The van der Waals surface area contributed by atoms with E-state index in [1.807, 2.05) is 0 Å². The highest BCUT2D eigenvalue weighted by Crippen LogP contribution is 2.46. The Balaban J connectivity index is 0.967. The number of hydrogen-bond acceptors (Lipinski definition) is 1. The van der Waals surface area contributed by atoms with E-state index in [0.717, 1.165) is 17.1 Å². The molecular formula is C64H43N. The molecule has 12 aromatic carbocycles. The molecule has 0 aliphatic carbocycles. The van der Waals surface area contributed by atoms with Crippen LogP contribution in [0.25, 0.3) is 98.7 Å². The van der Waals surface area contributed by atoms with E-state index in [0.29, 0.717) is 0 Å². The van der Waals surface area contributed by atoms with Crippen molar-refractivity contribution >= 4 is 60.2 Å². The summed E-state index contributed by atoms with van der Waals surface area (Å²) in [7, 11) is 0. The van der Waals surface area contributed by atoms with Crippen LogP contribution in [0.2, 0.25) is 0 Å². The van der Waals surface area contributed by atoms with Crippen LogP contribution in [0, 0.1) is 0 Å². The van der Waals surface area contributed by atoms with Gasteiger partial charge in [0.2, 0.25) is 0 Å². The molecule has 0 aliphatic heterocycles. The Bertz CT molecular complexity index is 3660. The van der Waals surface area contributed by atoms with Crippen molar-refractivity contribution in [2.45, 2.75) is 0 Å². The summed E-state index contributed by atoms with van der Waals surface area (Å²) in [6, 6.07) is 95.2. The van der Waals surface area contributed by atoms with Gasteiger partial charge >= 0.3 is 0 Å². The molecule has 0 aliphatic rings. The van der Waals surface area contributed by atoms with Crippen molar-refractivity contribution in [2.24, 2.45) is 0 Å². The zero-order valence-corrected chi connectivity index (χ0v) is 35.8. The molecule has 0 bridgehead atoms. The van der Waals surface area contributed by atoms with Crippen molar-refractivity contribution in [1.29, 1.82) is 0 Å². The second kappa shape index (κ2) is 16.3. The first-order chi connectivity index (χ1) is 32.2. The first-order valence-corrected chi connectivity index (χ1v) is 22.4. The third kappa shape index (κ3) is 7.01. The van der Waals surface area contributed by atoms with E-state index in [4.69, 9.17) is 0 Å². The Morgan fingerprint density at radius 2 is 0.631 bits per heavy atom. The molecule has 65 heavy (non-hydrogen) atoms. The van der Waals surface area contributed by atoms with Gasteiger partial charge in [-0.05, 0) is 147 Å². The average Bonchev–Trinajstić information content (AvgIpc) is 3.39. The zero-order chi connectivity index (χ0) is 43.1. The van der Waals surface area contributed by atoms with Gasteiger partial charge in [0.1, 0.15) is 0 Å². The van der Waals surface area contributed by atoms with Gasteiger partial charge in [0.05, 0.1) is 0 Å². The first-order valence-electron chi connectivity index (χ1n) is 22.4. The van der Waals surface area contributed by atoms with Gasteiger partial charge in [-0.25, -0.2) is 0 Å². The van der Waals surface area contributed by atoms with E-state index in [1.54, 1.807) is 0 Å². The molecule has 0 saturated carbocycles. The lowest BCUT2D eigenvalue weighted by molar-refractivity contribution is 1.28. The van der Waals surface area contributed by atoms with Crippen molar-refractivity contribution in [2.75, 3.05) is 4.90 Å². The molecule has 1 nitrogen and oxygen atoms in total. The van der Waals surface area contributed by atoms with E-state index in [-0.39, 0.29) is 0 Å². The summed E-state index contributed by atoms with van der Waals surface area (Å²) in [6.45, 7) is 0. The lowest BCUT2D eigenvalue weighted by Gasteiger charge is -2.26. The van der Waals surface area contributed by atoms with Gasteiger partial charge in [-0.15, -0.1) is 0 Å². The zero-order valence-electron chi connectivity index (χ0n) is 35.8. The molecule has 0 unspecified atom stereocenters. The summed E-state index contributed by atoms with van der Waals surface area (Å²) < 4.78 is 0. The molecule has 0 saturated heterocycles. The predicted octanol–water partition coefficient (Wildman–Crippen LogP) is 18.1. The Kier molecular flexibility index (Phi) is 9.58. The molecule has 12 rings (SSSR count). The topological polar surface area (TPSA) is 3.24 Å². The minimum atomic E-state index is 1.09. The highest BCUT2D eigenvalue weighted by atomic mass is 15.1. The minimum absolute atomic E-state index is 1.09. The smallest absolute Gasteiger partial charge is 0.0462 e. The standard InChI is InChI=1S/C64H43N/c1-3-16-49(17-4-1)63-61-24-12-11-23-59(61)60-41-34-53(43-62(60)64(63)50-18-5-2-6-19-50)46-30-37-55(38-31-46)65(54-35-28-45(29-36-54)52-27-26-44-14-7-8-20-51(44)42-52)56-39-32-48(33-40-56)58-25-13-21-47-15-9-10-22-57(47)58/h1-43H. The normalized spacial score (nSPS) is 11.4. The average molecular weight is 826 g/mol. The van der Waals surface area contributed by atoms with Crippen LogP contribution < -0.4 is 4.90 Å². The maximum absolute atomic E-state index is 2.40. The fourth-order valence-corrected chi connectivity index (χ4v) is 9.87. The molecule has 0 N–H and O–H groups in total. The maximum atomic E-state index is 2.40. The fraction of sp³-hybridized carbons (Fsp3) is 0. The molecule has 12 aromatic rings. The molecule has 0 atom stereocenters.